The summed E-state index contributed by atoms with van der Waals surface area (Å²) in [4.78, 5) is 11.1. The molecule has 0 aliphatic rings. The van der Waals surface area contributed by atoms with Gasteiger partial charge in [0.1, 0.15) is 5.75 Å². The Hall–Kier alpha value is -1.16. The molecule has 0 aromatic heterocycles. The van der Waals surface area contributed by atoms with Gasteiger partial charge in [-0.15, -0.1) is 0 Å². The van der Waals surface area contributed by atoms with Crippen molar-refractivity contribution in [2.45, 2.75) is 6.42 Å². The molecule has 0 bridgehead atoms. The zero-order valence-electron chi connectivity index (χ0n) is 7.03. The van der Waals surface area contributed by atoms with Gasteiger partial charge in [0, 0.05) is 12.1 Å². The number of phenolic OH excluding ortho intramolecular Hbond substituents is 1. The largest absolute Gasteiger partial charge is 0.508 e. The first-order valence-corrected chi connectivity index (χ1v) is 4.55. The molecule has 1 aromatic carbocycles. The van der Waals surface area contributed by atoms with E-state index >= 15 is 0 Å². The van der Waals surface area contributed by atoms with Gasteiger partial charge >= 0.3 is 0 Å². The van der Waals surface area contributed by atoms with E-state index in [0.29, 0.717) is 17.9 Å². The lowest BCUT2D eigenvalue weighted by Crippen LogP contribution is -2.11. The van der Waals surface area contributed by atoms with E-state index in [0.717, 1.165) is 0 Å². The topological polar surface area (TPSA) is 49.3 Å². The molecular formula is C9H11NO2S. The summed E-state index contributed by atoms with van der Waals surface area (Å²) < 4.78 is 0. The molecule has 0 spiro atoms. The van der Waals surface area contributed by atoms with Crippen LogP contribution in [0.1, 0.15) is 6.42 Å². The van der Waals surface area contributed by atoms with Gasteiger partial charge in [0.2, 0.25) is 5.91 Å². The lowest BCUT2D eigenvalue weighted by molar-refractivity contribution is -0.115. The SMILES string of the molecule is O=C(CCS)Nc1ccc(O)cc1. The van der Waals surface area contributed by atoms with E-state index in [1.54, 1.807) is 12.1 Å². The smallest absolute Gasteiger partial charge is 0.225 e. The second-order valence-electron chi connectivity index (χ2n) is 2.57. The number of anilines is 1. The average molecular weight is 197 g/mol. The molecule has 0 heterocycles. The Balaban J connectivity index is 2.54. The molecule has 70 valence electrons. The minimum absolute atomic E-state index is 0.0688. The minimum Gasteiger partial charge on any atom is -0.508 e. The highest BCUT2D eigenvalue weighted by Crippen LogP contribution is 2.13. The third kappa shape index (κ3) is 3.38. The number of carbonyl (C=O) groups is 1. The Morgan fingerprint density at radius 2 is 2.00 bits per heavy atom. The van der Waals surface area contributed by atoms with Crippen LogP contribution in [0.3, 0.4) is 0 Å². The van der Waals surface area contributed by atoms with Crippen molar-refractivity contribution >= 4 is 24.2 Å². The fourth-order valence-electron chi connectivity index (χ4n) is 0.870. The van der Waals surface area contributed by atoms with E-state index in [2.05, 4.69) is 17.9 Å². The van der Waals surface area contributed by atoms with Crippen LogP contribution >= 0.6 is 12.6 Å². The van der Waals surface area contributed by atoms with Crippen LogP contribution in [0.25, 0.3) is 0 Å². The van der Waals surface area contributed by atoms with Gasteiger partial charge in [0.05, 0.1) is 0 Å². The Morgan fingerprint density at radius 3 is 2.54 bits per heavy atom. The summed E-state index contributed by atoms with van der Waals surface area (Å²) in [6, 6.07) is 6.34. The van der Waals surface area contributed by atoms with Gasteiger partial charge in [0.15, 0.2) is 0 Å². The molecule has 1 aromatic rings. The molecular weight excluding hydrogens is 186 g/mol. The molecule has 1 rings (SSSR count). The Bertz CT molecular complexity index is 284. The van der Waals surface area contributed by atoms with Crippen molar-refractivity contribution in [1.82, 2.24) is 0 Å². The number of rotatable bonds is 3. The van der Waals surface area contributed by atoms with Crippen LogP contribution in [0.15, 0.2) is 24.3 Å². The number of thiol groups is 1. The minimum atomic E-state index is -0.0688. The third-order valence-corrected chi connectivity index (χ3v) is 1.71. The molecule has 0 fully saturated rings. The fourth-order valence-corrected chi connectivity index (χ4v) is 1.07. The number of nitrogens with one attached hydrogen (secondary N) is 1. The van der Waals surface area contributed by atoms with Crippen molar-refractivity contribution in [3.8, 4) is 5.75 Å². The molecule has 0 aliphatic heterocycles. The summed E-state index contributed by atoms with van der Waals surface area (Å²) in [6.07, 6.45) is 0.393. The molecule has 1 amide bonds. The van der Waals surface area contributed by atoms with Gasteiger partial charge in [-0.05, 0) is 30.0 Å². The second kappa shape index (κ2) is 4.77. The van der Waals surface area contributed by atoms with Crippen molar-refractivity contribution in [1.29, 1.82) is 0 Å². The van der Waals surface area contributed by atoms with E-state index in [4.69, 9.17) is 5.11 Å². The van der Waals surface area contributed by atoms with Gasteiger partial charge in [-0.2, -0.15) is 12.6 Å². The highest BCUT2D eigenvalue weighted by Gasteiger charge is 1.99. The molecule has 0 saturated carbocycles. The second-order valence-corrected chi connectivity index (χ2v) is 3.02. The molecule has 0 radical (unpaired) electrons. The van der Waals surface area contributed by atoms with Crippen LogP contribution in [-0.4, -0.2) is 16.8 Å². The Morgan fingerprint density at radius 1 is 1.38 bits per heavy atom. The molecule has 3 nitrogen and oxygen atoms in total. The van der Waals surface area contributed by atoms with Gasteiger partial charge in [-0.1, -0.05) is 0 Å². The zero-order chi connectivity index (χ0) is 9.68. The van der Waals surface area contributed by atoms with Crippen molar-refractivity contribution in [2.24, 2.45) is 0 Å². The van der Waals surface area contributed by atoms with Gasteiger partial charge in [0.25, 0.3) is 0 Å². The van der Waals surface area contributed by atoms with E-state index in [1.807, 2.05) is 0 Å². The van der Waals surface area contributed by atoms with Crippen molar-refractivity contribution in [3.63, 3.8) is 0 Å². The van der Waals surface area contributed by atoms with Crippen molar-refractivity contribution in [2.75, 3.05) is 11.1 Å². The maximum atomic E-state index is 11.1. The summed E-state index contributed by atoms with van der Waals surface area (Å²) in [7, 11) is 0. The first kappa shape index (κ1) is 9.92. The van der Waals surface area contributed by atoms with E-state index in [-0.39, 0.29) is 11.7 Å². The number of hydrogen-bond donors (Lipinski definition) is 3. The summed E-state index contributed by atoms with van der Waals surface area (Å²) in [5, 5.41) is 11.6. The predicted octanol–water partition coefficient (Wildman–Crippen LogP) is 1.65. The number of phenols is 1. The molecule has 0 atom stereocenters. The van der Waals surface area contributed by atoms with E-state index < -0.39 is 0 Å². The maximum Gasteiger partial charge on any atom is 0.225 e. The summed E-state index contributed by atoms with van der Waals surface area (Å²) in [5.41, 5.74) is 0.685. The normalized spacial score (nSPS) is 9.62. The first-order valence-electron chi connectivity index (χ1n) is 3.92. The van der Waals surface area contributed by atoms with Crippen molar-refractivity contribution in [3.05, 3.63) is 24.3 Å². The van der Waals surface area contributed by atoms with Crippen LogP contribution in [-0.2, 0) is 4.79 Å². The number of hydrogen-bond acceptors (Lipinski definition) is 3. The number of carbonyl (C=O) groups excluding carboxylic acids is 1. The quantitative estimate of drug-likeness (QED) is 0.509. The highest BCUT2D eigenvalue weighted by atomic mass is 32.1. The highest BCUT2D eigenvalue weighted by molar-refractivity contribution is 7.80. The Kier molecular flexibility index (Phi) is 3.64. The van der Waals surface area contributed by atoms with Crippen LogP contribution < -0.4 is 5.32 Å². The van der Waals surface area contributed by atoms with Gasteiger partial charge in [-0.3, -0.25) is 4.79 Å². The first-order chi connectivity index (χ1) is 6.22. The summed E-state index contributed by atoms with van der Waals surface area (Å²) >= 11 is 3.94. The number of aromatic hydroxyl groups is 1. The molecule has 0 aliphatic carbocycles. The number of benzene rings is 1. The molecule has 4 heteroatoms. The monoisotopic (exact) mass is 197 g/mol. The summed E-state index contributed by atoms with van der Waals surface area (Å²) in [6.45, 7) is 0. The lowest BCUT2D eigenvalue weighted by atomic mass is 10.3. The van der Waals surface area contributed by atoms with E-state index in [1.165, 1.54) is 12.1 Å². The van der Waals surface area contributed by atoms with E-state index in [9.17, 15) is 4.79 Å². The molecule has 2 N–H and O–H groups in total. The van der Waals surface area contributed by atoms with Crippen LogP contribution in [0, 0.1) is 0 Å². The van der Waals surface area contributed by atoms with Crippen LogP contribution in [0.4, 0.5) is 5.69 Å². The third-order valence-electron chi connectivity index (χ3n) is 1.49. The van der Waals surface area contributed by atoms with Gasteiger partial charge < -0.3 is 10.4 Å². The standard InChI is InChI=1S/C9H11NO2S/c11-8-3-1-7(2-4-8)10-9(12)5-6-13/h1-4,11,13H,5-6H2,(H,10,12). The van der Waals surface area contributed by atoms with Crippen molar-refractivity contribution < 1.29 is 9.90 Å². The lowest BCUT2D eigenvalue weighted by Gasteiger charge is -2.03. The zero-order valence-corrected chi connectivity index (χ0v) is 7.92. The van der Waals surface area contributed by atoms with Crippen LogP contribution in [0.2, 0.25) is 0 Å². The average Bonchev–Trinajstić information content (AvgIpc) is 2.09. The molecule has 13 heavy (non-hydrogen) atoms. The van der Waals surface area contributed by atoms with Crippen LogP contribution in [0.5, 0.6) is 5.75 Å². The predicted molar refractivity (Wildman–Crippen MR) is 55.2 cm³/mol. The maximum absolute atomic E-state index is 11.1. The molecule has 0 unspecified atom stereocenters. The summed E-state index contributed by atoms with van der Waals surface area (Å²) in [5.74, 6) is 0.650. The fraction of sp³-hybridized carbons (Fsp3) is 0.222. The molecule has 0 saturated heterocycles. The number of amides is 1. The Labute approximate surface area is 82.2 Å². The van der Waals surface area contributed by atoms with Gasteiger partial charge in [-0.25, -0.2) is 0 Å².